The number of fused-ring (bicyclic) bond motifs is 3. The number of hydrogen-bond donors (Lipinski definition) is 6. The first-order valence-electron chi connectivity index (χ1n) is 16.2. The van der Waals surface area contributed by atoms with Gasteiger partial charge in [0.1, 0.15) is 0 Å². The van der Waals surface area contributed by atoms with Gasteiger partial charge < -0.3 is 27.5 Å². The van der Waals surface area contributed by atoms with Crippen molar-refractivity contribution in [2.24, 2.45) is 27.9 Å². The van der Waals surface area contributed by atoms with E-state index < -0.39 is 0 Å². The number of nitrogens with two attached hydrogens (primary N) is 4. The summed E-state index contributed by atoms with van der Waals surface area (Å²) in [5.74, 6) is 0.637. The van der Waals surface area contributed by atoms with Crippen molar-refractivity contribution in [3.8, 4) is 22.3 Å². The molecule has 10 N–H and O–H groups in total. The van der Waals surface area contributed by atoms with E-state index in [0.717, 1.165) is 51.5 Å². The Kier molecular flexibility index (Phi) is 10.7. The summed E-state index contributed by atoms with van der Waals surface area (Å²) < 4.78 is 2.45. The van der Waals surface area contributed by atoms with Crippen LogP contribution in [0.1, 0.15) is 56.1 Å². The quantitative estimate of drug-likeness (QED) is 0.0396. The lowest BCUT2D eigenvalue weighted by Gasteiger charge is -2.11. The molecule has 5 aromatic rings. The number of aryl methyl sites for hydroxylation is 3. The zero-order valence-electron chi connectivity index (χ0n) is 26.6. The molecule has 0 aliphatic carbocycles. The summed E-state index contributed by atoms with van der Waals surface area (Å²) in [5.41, 5.74) is 31.9. The summed E-state index contributed by atoms with van der Waals surface area (Å²) in [7, 11) is 0. The van der Waals surface area contributed by atoms with Crippen molar-refractivity contribution in [3.63, 3.8) is 0 Å². The molecule has 0 fully saturated rings. The van der Waals surface area contributed by atoms with Crippen LogP contribution in [0, 0.1) is 10.8 Å². The summed E-state index contributed by atoms with van der Waals surface area (Å²) in [5, 5.41) is 17.6. The van der Waals surface area contributed by atoms with Gasteiger partial charge in [0.05, 0.1) is 11.7 Å². The molecule has 0 bridgehead atoms. The fraction of sp³-hybridized carbons (Fsp3) is 0.289. The maximum atomic E-state index is 7.67. The smallest absolute Gasteiger partial charge is 0.185 e. The second-order valence-corrected chi connectivity index (χ2v) is 12.1. The molecule has 4 aromatic carbocycles. The number of nitrogens with one attached hydrogen (secondary N) is 2. The average Bonchev–Trinajstić information content (AvgIpc) is 3.35. The van der Waals surface area contributed by atoms with E-state index in [0.29, 0.717) is 19.4 Å². The van der Waals surface area contributed by atoms with Crippen LogP contribution in [0.25, 0.3) is 44.1 Å². The van der Waals surface area contributed by atoms with E-state index in [4.69, 9.17) is 33.8 Å². The molecule has 238 valence electrons. The van der Waals surface area contributed by atoms with E-state index in [1.165, 1.54) is 55.2 Å². The van der Waals surface area contributed by atoms with Gasteiger partial charge in [0.15, 0.2) is 5.96 Å². The molecular weight excluding hydrogens is 568 g/mol. The van der Waals surface area contributed by atoms with Crippen LogP contribution in [0.15, 0.2) is 89.9 Å². The van der Waals surface area contributed by atoms with Crippen molar-refractivity contribution in [1.29, 1.82) is 10.8 Å². The van der Waals surface area contributed by atoms with Crippen LogP contribution in [0.2, 0.25) is 0 Å². The number of aromatic nitrogens is 1. The molecule has 0 spiro atoms. The lowest BCUT2D eigenvalue weighted by atomic mass is 9.98. The third kappa shape index (κ3) is 8.33. The Morgan fingerprint density at radius 2 is 1.07 bits per heavy atom. The molecule has 5 rings (SSSR count). The van der Waals surface area contributed by atoms with Gasteiger partial charge in [-0.05, 0) is 90.5 Å². The van der Waals surface area contributed by atoms with Crippen LogP contribution >= 0.6 is 0 Å². The van der Waals surface area contributed by atoms with Crippen molar-refractivity contribution in [2.75, 3.05) is 6.54 Å². The Morgan fingerprint density at radius 1 is 0.565 bits per heavy atom. The van der Waals surface area contributed by atoms with E-state index in [2.05, 4.69) is 94.5 Å². The first kappa shape index (κ1) is 32.3. The minimum atomic E-state index is 0.136. The predicted molar refractivity (Wildman–Crippen MR) is 195 cm³/mol. The van der Waals surface area contributed by atoms with Crippen molar-refractivity contribution in [1.82, 2.24) is 4.57 Å². The molecule has 8 heteroatoms. The molecule has 0 aliphatic rings. The Balaban J connectivity index is 1.48. The van der Waals surface area contributed by atoms with Crippen LogP contribution in [-0.4, -0.2) is 28.7 Å². The summed E-state index contributed by atoms with van der Waals surface area (Å²) in [6.07, 6.45) is 7.80. The fourth-order valence-electron chi connectivity index (χ4n) is 6.23. The topological polar surface area (TPSA) is 169 Å². The maximum absolute atomic E-state index is 7.67. The van der Waals surface area contributed by atoms with Crippen molar-refractivity contribution >= 4 is 39.4 Å². The zero-order chi connectivity index (χ0) is 32.5. The highest BCUT2D eigenvalue weighted by Crippen LogP contribution is 2.36. The third-order valence-electron chi connectivity index (χ3n) is 8.55. The molecule has 1 heterocycles. The van der Waals surface area contributed by atoms with E-state index in [1.807, 2.05) is 0 Å². The lowest BCUT2D eigenvalue weighted by Crippen LogP contribution is -2.23. The van der Waals surface area contributed by atoms with Gasteiger partial charge in [0.2, 0.25) is 0 Å². The molecule has 8 nitrogen and oxygen atoms in total. The summed E-state index contributed by atoms with van der Waals surface area (Å²) in [6.45, 7) is 1.47. The van der Waals surface area contributed by atoms with Crippen LogP contribution in [0.4, 0.5) is 0 Å². The predicted octanol–water partition coefficient (Wildman–Crippen LogP) is 7.09. The molecule has 0 saturated carbocycles. The fourth-order valence-corrected chi connectivity index (χ4v) is 6.23. The summed E-state index contributed by atoms with van der Waals surface area (Å²) >= 11 is 0. The standard InChI is InChI=1S/C38H46N8/c39-36(40)14-2-1-8-26-9-5-12-28(22-26)30-16-18-32-33-19-17-31(29-13-6-10-27(23-29)11-7-20-45-38(43)44)25-35(33)46(34(32)24-30)21-4-3-15-37(41)42/h5-6,9-10,12-13,16-19,22-25H,1-4,7-8,11,14-15,20-21H2,(H3,39,40)(H3,41,42)(H4,43,44,45). The molecule has 0 amide bonds. The van der Waals surface area contributed by atoms with Crippen molar-refractivity contribution < 1.29 is 0 Å². The minimum Gasteiger partial charge on any atom is -0.388 e. The molecular formula is C38H46N8. The molecule has 0 saturated heterocycles. The van der Waals surface area contributed by atoms with Gasteiger partial charge in [-0.2, -0.15) is 0 Å². The van der Waals surface area contributed by atoms with Crippen LogP contribution in [-0.2, 0) is 19.4 Å². The molecule has 0 aliphatic heterocycles. The second-order valence-electron chi connectivity index (χ2n) is 12.1. The number of amidine groups is 2. The van der Waals surface area contributed by atoms with E-state index in [9.17, 15) is 0 Å². The number of rotatable bonds is 16. The first-order valence-corrected chi connectivity index (χ1v) is 16.2. The highest BCUT2D eigenvalue weighted by atomic mass is 15.0. The number of hydrogen-bond acceptors (Lipinski definition) is 3. The van der Waals surface area contributed by atoms with E-state index in [-0.39, 0.29) is 17.6 Å². The highest BCUT2D eigenvalue weighted by Gasteiger charge is 2.14. The summed E-state index contributed by atoms with van der Waals surface area (Å²) in [4.78, 5) is 4.12. The van der Waals surface area contributed by atoms with Gasteiger partial charge >= 0.3 is 0 Å². The molecule has 0 radical (unpaired) electrons. The SMILES string of the molecule is N=C(N)CCCCc1cccc(-c2ccc3c4ccc(-c5cccc(CCCN=C(N)N)c5)cc4n(CCCCC(=N)N)c3c2)c1. The lowest BCUT2D eigenvalue weighted by molar-refractivity contribution is 0.648. The summed E-state index contributed by atoms with van der Waals surface area (Å²) in [6, 6.07) is 31.1. The minimum absolute atomic E-state index is 0.136. The van der Waals surface area contributed by atoms with Crippen LogP contribution in [0.3, 0.4) is 0 Å². The van der Waals surface area contributed by atoms with Crippen LogP contribution < -0.4 is 22.9 Å². The number of benzene rings is 4. The van der Waals surface area contributed by atoms with Gasteiger partial charge in [-0.15, -0.1) is 0 Å². The van der Waals surface area contributed by atoms with Crippen LogP contribution in [0.5, 0.6) is 0 Å². The maximum Gasteiger partial charge on any atom is 0.185 e. The molecule has 46 heavy (non-hydrogen) atoms. The van der Waals surface area contributed by atoms with Crippen molar-refractivity contribution in [3.05, 3.63) is 96.1 Å². The molecule has 0 atom stereocenters. The highest BCUT2D eigenvalue weighted by molar-refractivity contribution is 6.10. The van der Waals surface area contributed by atoms with Crippen molar-refractivity contribution in [2.45, 2.75) is 64.3 Å². The first-order chi connectivity index (χ1) is 22.3. The Bertz CT molecular complexity index is 1860. The molecule has 0 unspecified atom stereocenters. The zero-order valence-corrected chi connectivity index (χ0v) is 26.6. The number of aliphatic imine (C=N–C) groups is 1. The number of guanidine groups is 1. The Hall–Kier alpha value is -5.11. The van der Waals surface area contributed by atoms with E-state index in [1.54, 1.807) is 0 Å². The monoisotopic (exact) mass is 614 g/mol. The van der Waals surface area contributed by atoms with Gasteiger partial charge in [0, 0.05) is 47.7 Å². The second kappa shape index (κ2) is 15.3. The van der Waals surface area contributed by atoms with Gasteiger partial charge in [-0.25, -0.2) is 0 Å². The van der Waals surface area contributed by atoms with Gasteiger partial charge in [0.25, 0.3) is 0 Å². The Morgan fingerprint density at radius 3 is 1.59 bits per heavy atom. The average molecular weight is 615 g/mol. The Labute approximate surface area is 271 Å². The normalized spacial score (nSPS) is 11.2. The molecule has 1 aromatic heterocycles. The van der Waals surface area contributed by atoms with E-state index >= 15 is 0 Å². The largest absolute Gasteiger partial charge is 0.388 e. The third-order valence-corrected chi connectivity index (χ3v) is 8.55. The van der Waals surface area contributed by atoms with Gasteiger partial charge in [-0.3, -0.25) is 15.8 Å². The number of unbranched alkanes of at least 4 members (excludes halogenated alkanes) is 2. The number of nitrogens with zero attached hydrogens (tertiary/aromatic N) is 2. The van der Waals surface area contributed by atoms with Gasteiger partial charge in [-0.1, -0.05) is 72.8 Å².